The van der Waals surface area contributed by atoms with Gasteiger partial charge in [-0.15, -0.1) is 0 Å². The molecule has 32 heavy (non-hydrogen) atoms. The van der Waals surface area contributed by atoms with Crippen LogP contribution in [-0.4, -0.2) is 5.91 Å². The predicted molar refractivity (Wildman–Crippen MR) is 129 cm³/mol. The predicted octanol–water partition coefficient (Wildman–Crippen LogP) is 7.67. The Morgan fingerprint density at radius 3 is 2.56 bits per heavy atom. The molecule has 0 aliphatic rings. The number of amides is 1. The number of hydrogen-bond acceptors (Lipinski definition) is 3. The summed E-state index contributed by atoms with van der Waals surface area (Å²) in [6, 6.07) is 15.8. The quantitative estimate of drug-likeness (QED) is 0.251. The highest BCUT2D eigenvalue weighted by Crippen LogP contribution is 2.36. The lowest BCUT2D eigenvalue weighted by Gasteiger charge is -2.12. The van der Waals surface area contributed by atoms with Gasteiger partial charge >= 0.3 is 0 Å². The zero-order valence-electron chi connectivity index (χ0n) is 16.1. The van der Waals surface area contributed by atoms with Crippen LogP contribution in [0.1, 0.15) is 11.1 Å². The zero-order chi connectivity index (χ0) is 23.3. The van der Waals surface area contributed by atoms with E-state index in [-0.39, 0.29) is 38.8 Å². The molecule has 3 aromatic carbocycles. The van der Waals surface area contributed by atoms with Crippen LogP contribution in [0.2, 0.25) is 15.1 Å². The zero-order valence-corrected chi connectivity index (χ0v) is 20.0. The van der Waals surface area contributed by atoms with E-state index in [2.05, 4.69) is 21.2 Å². The maximum absolute atomic E-state index is 13.3. The minimum absolute atomic E-state index is 0.109. The Bertz CT molecular complexity index is 1240. The Kier molecular flexibility index (Phi) is 8.16. The van der Waals surface area contributed by atoms with Crippen molar-refractivity contribution in [3.8, 4) is 11.8 Å². The summed E-state index contributed by atoms with van der Waals surface area (Å²) in [6.07, 6.45) is 1.38. The molecule has 3 rings (SSSR count). The van der Waals surface area contributed by atoms with Crippen molar-refractivity contribution in [2.24, 2.45) is 0 Å². The fourth-order valence-electron chi connectivity index (χ4n) is 2.69. The molecule has 0 aromatic heterocycles. The monoisotopic (exact) mass is 552 g/mol. The number of halogens is 5. The molecule has 0 radical (unpaired) electrons. The molecule has 3 aromatic rings. The number of rotatable bonds is 6. The molecule has 9 heteroatoms. The maximum Gasteiger partial charge on any atom is 0.266 e. The number of nitriles is 1. The van der Waals surface area contributed by atoms with E-state index < -0.39 is 5.91 Å². The number of anilines is 1. The molecule has 0 aliphatic carbocycles. The van der Waals surface area contributed by atoms with Gasteiger partial charge in [0.2, 0.25) is 0 Å². The number of carbonyl (C=O) groups excluding carboxylic acids is 1. The molecule has 0 unspecified atom stereocenters. The summed E-state index contributed by atoms with van der Waals surface area (Å²) in [5.74, 6) is -0.671. The fraction of sp³-hybridized carbons (Fsp3) is 0.0435. The van der Waals surface area contributed by atoms with Crippen molar-refractivity contribution in [1.82, 2.24) is 0 Å². The number of ether oxygens (including phenoxy) is 1. The van der Waals surface area contributed by atoms with E-state index in [1.165, 1.54) is 18.2 Å². The fourth-order valence-corrected chi connectivity index (χ4v) is 4.02. The van der Waals surface area contributed by atoms with E-state index >= 15 is 0 Å². The van der Waals surface area contributed by atoms with Gasteiger partial charge in [0.1, 0.15) is 24.1 Å². The van der Waals surface area contributed by atoms with Gasteiger partial charge in [0, 0.05) is 0 Å². The van der Waals surface area contributed by atoms with Gasteiger partial charge < -0.3 is 10.1 Å². The third-order valence-corrected chi connectivity index (χ3v) is 5.86. The van der Waals surface area contributed by atoms with E-state index in [4.69, 9.17) is 39.5 Å². The summed E-state index contributed by atoms with van der Waals surface area (Å²) in [5, 5.41) is 12.7. The average Bonchev–Trinajstić information content (AvgIpc) is 2.74. The van der Waals surface area contributed by atoms with Crippen LogP contribution in [0.3, 0.4) is 0 Å². The molecule has 0 fully saturated rings. The first-order valence-corrected chi connectivity index (χ1v) is 10.9. The number of carbonyl (C=O) groups is 1. The van der Waals surface area contributed by atoms with Gasteiger partial charge in [-0.2, -0.15) is 5.26 Å². The van der Waals surface area contributed by atoms with E-state index in [1.807, 2.05) is 6.07 Å². The second-order valence-electron chi connectivity index (χ2n) is 6.46. The van der Waals surface area contributed by atoms with Gasteiger partial charge in [0.05, 0.1) is 25.2 Å². The van der Waals surface area contributed by atoms with Crippen LogP contribution in [0.25, 0.3) is 6.08 Å². The molecule has 1 amide bonds. The molecule has 0 heterocycles. The normalized spacial score (nSPS) is 11.1. The average molecular weight is 555 g/mol. The lowest BCUT2D eigenvalue weighted by atomic mass is 10.1. The number of hydrogen-bond donors (Lipinski definition) is 1. The first kappa shape index (κ1) is 24.1. The van der Waals surface area contributed by atoms with Gasteiger partial charge in [0.15, 0.2) is 5.75 Å². The van der Waals surface area contributed by atoms with Crippen LogP contribution in [0, 0.1) is 17.1 Å². The van der Waals surface area contributed by atoms with Crippen molar-refractivity contribution in [3.63, 3.8) is 0 Å². The molecule has 0 aliphatic heterocycles. The SMILES string of the molecule is N#C/C(=C/c1cc(Cl)c(OCc2cccc(F)c2)c(Br)c1)C(=O)Nc1cccc(Cl)c1Cl. The van der Waals surface area contributed by atoms with Gasteiger partial charge in [-0.05, 0) is 69.5 Å². The molecule has 0 spiro atoms. The second-order valence-corrected chi connectivity index (χ2v) is 8.50. The Balaban J connectivity index is 1.79. The molecule has 0 saturated heterocycles. The van der Waals surface area contributed by atoms with Crippen LogP contribution in [0.4, 0.5) is 10.1 Å². The largest absolute Gasteiger partial charge is 0.486 e. The number of benzene rings is 3. The molecule has 0 saturated carbocycles. The summed E-state index contributed by atoms with van der Waals surface area (Å²) in [4.78, 5) is 12.5. The van der Waals surface area contributed by atoms with Crippen LogP contribution >= 0.6 is 50.7 Å². The van der Waals surface area contributed by atoms with Gasteiger partial charge in [-0.25, -0.2) is 4.39 Å². The van der Waals surface area contributed by atoms with Crippen LogP contribution < -0.4 is 10.1 Å². The highest BCUT2D eigenvalue weighted by molar-refractivity contribution is 9.10. The maximum atomic E-state index is 13.3. The molecule has 4 nitrogen and oxygen atoms in total. The summed E-state index contributed by atoms with van der Waals surface area (Å²) in [5.41, 5.74) is 1.24. The first-order chi connectivity index (χ1) is 15.3. The van der Waals surface area contributed by atoms with E-state index in [0.29, 0.717) is 21.3 Å². The Hall–Kier alpha value is -2.56. The highest BCUT2D eigenvalue weighted by Gasteiger charge is 2.15. The summed E-state index contributed by atoms with van der Waals surface area (Å²) >= 11 is 21.7. The van der Waals surface area contributed by atoms with Gasteiger partial charge in [-0.3, -0.25) is 4.79 Å². The molecular weight excluding hydrogens is 542 g/mol. The minimum atomic E-state index is -0.657. The van der Waals surface area contributed by atoms with Gasteiger partial charge in [0.25, 0.3) is 5.91 Å². The molecule has 0 bridgehead atoms. The lowest BCUT2D eigenvalue weighted by molar-refractivity contribution is -0.112. The Morgan fingerprint density at radius 2 is 1.88 bits per heavy atom. The molecule has 1 N–H and O–H groups in total. The van der Waals surface area contributed by atoms with Crippen molar-refractivity contribution in [2.45, 2.75) is 6.61 Å². The van der Waals surface area contributed by atoms with Crippen molar-refractivity contribution in [1.29, 1.82) is 5.26 Å². The van der Waals surface area contributed by atoms with E-state index in [9.17, 15) is 14.4 Å². The smallest absolute Gasteiger partial charge is 0.266 e. The van der Waals surface area contributed by atoms with Crippen molar-refractivity contribution >= 4 is 68.4 Å². The van der Waals surface area contributed by atoms with Crippen molar-refractivity contribution in [2.75, 3.05) is 5.32 Å². The van der Waals surface area contributed by atoms with Crippen LogP contribution in [-0.2, 0) is 11.4 Å². The summed E-state index contributed by atoms with van der Waals surface area (Å²) < 4.78 is 19.5. The minimum Gasteiger partial charge on any atom is -0.486 e. The van der Waals surface area contributed by atoms with Gasteiger partial charge in [-0.1, -0.05) is 53.0 Å². The third-order valence-electron chi connectivity index (χ3n) is 4.17. The third kappa shape index (κ3) is 6.02. The van der Waals surface area contributed by atoms with Crippen LogP contribution in [0.15, 0.2) is 64.6 Å². The number of nitrogens with zero attached hydrogens (tertiary/aromatic N) is 1. The highest BCUT2D eigenvalue weighted by atomic mass is 79.9. The molecular formula is C23H13BrCl3FN2O2. The first-order valence-electron chi connectivity index (χ1n) is 9.02. The van der Waals surface area contributed by atoms with Crippen molar-refractivity contribution in [3.05, 3.63) is 96.7 Å². The standard InChI is InChI=1S/C23H13BrCl3FN2O2/c24-17-9-14(10-19(26)22(17)32-12-13-3-1-4-16(28)8-13)7-15(11-29)23(31)30-20-6-2-5-18(25)21(20)27/h1-10H,12H2,(H,30,31)/b15-7-. The summed E-state index contributed by atoms with van der Waals surface area (Å²) in [7, 11) is 0. The van der Waals surface area contributed by atoms with E-state index in [0.717, 1.165) is 0 Å². The second kappa shape index (κ2) is 10.8. The lowest BCUT2D eigenvalue weighted by Crippen LogP contribution is -2.13. The molecule has 0 atom stereocenters. The summed E-state index contributed by atoms with van der Waals surface area (Å²) in [6.45, 7) is 0.109. The topological polar surface area (TPSA) is 62.1 Å². The molecule has 162 valence electrons. The van der Waals surface area contributed by atoms with E-state index in [1.54, 1.807) is 42.5 Å². The Morgan fingerprint density at radius 1 is 1.12 bits per heavy atom. The van der Waals surface area contributed by atoms with Crippen LogP contribution in [0.5, 0.6) is 5.75 Å². The Labute approximate surface area is 207 Å². The van der Waals surface area contributed by atoms with Crippen molar-refractivity contribution < 1.29 is 13.9 Å². The number of nitrogens with one attached hydrogen (secondary N) is 1.